The van der Waals surface area contributed by atoms with E-state index in [1.807, 2.05) is 48.1 Å². The Hall–Kier alpha value is -2.63. The summed E-state index contributed by atoms with van der Waals surface area (Å²) < 4.78 is 6.88. The molecule has 3 rings (SSSR count). The van der Waals surface area contributed by atoms with E-state index in [9.17, 15) is 9.59 Å². The molecule has 1 aliphatic heterocycles. The fraction of sp³-hybridized carbons (Fsp3) is 0.476. The number of carbonyl (C=O) groups excluding carboxylic acids is 2. The minimum Gasteiger partial charge on any atom is -0.469 e. The lowest BCUT2D eigenvalue weighted by Crippen LogP contribution is -2.51. The fourth-order valence-electron chi connectivity index (χ4n) is 3.78. The third kappa shape index (κ3) is 3.89. The third-order valence-electron chi connectivity index (χ3n) is 5.41. The van der Waals surface area contributed by atoms with E-state index >= 15 is 0 Å². The first kappa shape index (κ1) is 19.1. The molecule has 0 radical (unpaired) electrons. The Morgan fingerprint density at radius 3 is 2.52 bits per heavy atom. The van der Waals surface area contributed by atoms with Crippen molar-refractivity contribution in [3.05, 3.63) is 48.3 Å². The Bertz CT molecular complexity index is 800. The molecule has 1 aromatic heterocycles. The number of hydrogen-bond donors (Lipinski definition) is 0. The average molecular weight is 369 g/mol. The summed E-state index contributed by atoms with van der Waals surface area (Å²) >= 11 is 0. The minimum absolute atomic E-state index is 0.0385. The van der Waals surface area contributed by atoms with Gasteiger partial charge in [0.1, 0.15) is 0 Å². The predicted octanol–water partition coefficient (Wildman–Crippen LogP) is 3.35. The van der Waals surface area contributed by atoms with Crippen LogP contribution in [0.4, 0.5) is 5.69 Å². The number of nitrogens with zero attached hydrogens (tertiary/aromatic N) is 3. The van der Waals surface area contributed by atoms with Gasteiger partial charge < -0.3 is 9.64 Å². The molecule has 1 saturated heterocycles. The van der Waals surface area contributed by atoms with E-state index in [4.69, 9.17) is 4.74 Å². The predicted molar refractivity (Wildman–Crippen MR) is 104 cm³/mol. The Kier molecular flexibility index (Phi) is 5.63. The molecule has 1 aliphatic rings. The van der Waals surface area contributed by atoms with Gasteiger partial charge in [0.2, 0.25) is 0 Å². The summed E-state index contributed by atoms with van der Waals surface area (Å²) in [4.78, 5) is 27.6. The largest absolute Gasteiger partial charge is 0.469 e. The Labute approximate surface area is 160 Å². The Morgan fingerprint density at radius 1 is 1.22 bits per heavy atom. The summed E-state index contributed by atoms with van der Waals surface area (Å²) in [5.74, 6) is -0.828. The summed E-state index contributed by atoms with van der Waals surface area (Å²) in [7, 11) is 1.40. The highest BCUT2D eigenvalue weighted by molar-refractivity contribution is 5.99. The number of carbonyl (C=O) groups is 2. The van der Waals surface area contributed by atoms with Crippen molar-refractivity contribution < 1.29 is 14.3 Å². The van der Waals surface area contributed by atoms with Gasteiger partial charge in [-0.2, -0.15) is 5.10 Å². The maximum atomic E-state index is 13.2. The molecule has 0 aliphatic carbocycles. The summed E-state index contributed by atoms with van der Waals surface area (Å²) in [6.07, 6.45) is 4.28. The van der Waals surface area contributed by atoms with Crippen molar-refractivity contribution in [2.45, 2.75) is 39.3 Å². The van der Waals surface area contributed by atoms with E-state index in [0.29, 0.717) is 18.5 Å². The molecule has 0 bridgehead atoms. The van der Waals surface area contributed by atoms with Gasteiger partial charge in [0.05, 0.1) is 24.9 Å². The highest BCUT2D eigenvalue weighted by Crippen LogP contribution is 2.34. The molecular formula is C21H27N3O3. The normalized spacial score (nSPS) is 22.7. The molecule has 6 nitrogen and oxygen atoms in total. The van der Waals surface area contributed by atoms with E-state index in [-0.39, 0.29) is 35.7 Å². The summed E-state index contributed by atoms with van der Waals surface area (Å²) in [6, 6.07) is 9.49. The van der Waals surface area contributed by atoms with Crippen LogP contribution in [0.25, 0.3) is 0 Å². The number of methoxy groups -OCH3 is 1. The first-order valence-corrected chi connectivity index (χ1v) is 9.40. The number of ether oxygens (including phenoxy) is 1. The van der Waals surface area contributed by atoms with Crippen LogP contribution in [-0.4, -0.2) is 41.2 Å². The lowest BCUT2D eigenvalue weighted by Gasteiger charge is -2.42. The molecule has 0 spiro atoms. The van der Waals surface area contributed by atoms with Crippen molar-refractivity contribution in [2.75, 3.05) is 18.6 Å². The highest BCUT2D eigenvalue weighted by Gasteiger charge is 2.41. The number of ketones is 1. The Morgan fingerprint density at radius 2 is 1.93 bits per heavy atom. The van der Waals surface area contributed by atoms with Crippen molar-refractivity contribution >= 4 is 17.4 Å². The fourth-order valence-corrected chi connectivity index (χ4v) is 3.78. The van der Waals surface area contributed by atoms with Crippen LogP contribution in [-0.2, 0) is 9.53 Å². The van der Waals surface area contributed by atoms with E-state index < -0.39 is 0 Å². The molecule has 1 aromatic carbocycles. The van der Waals surface area contributed by atoms with E-state index in [1.165, 1.54) is 7.11 Å². The van der Waals surface area contributed by atoms with Crippen LogP contribution >= 0.6 is 0 Å². The molecule has 1 fully saturated rings. The minimum atomic E-state index is -0.341. The maximum absolute atomic E-state index is 13.2. The van der Waals surface area contributed by atoms with Crippen LogP contribution in [0.5, 0.6) is 0 Å². The van der Waals surface area contributed by atoms with Gasteiger partial charge in [0.15, 0.2) is 5.78 Å². The van der Waals surface area contributed by atoms with Gasteiger partial charge in [-0.25, -0.2) is 0 Å². The lowest BCUT2D eigenvalue weighted by atomic mass is 9.79. The van der Waals surface area contributed by atoms with Crippen LogP contribution in [0.3, 0.4) is 0 Å². The van der Waals surface area contributed by atoms with Gasteiger partial charge in [0.25, 0.3) is 0 Å². The number of benzene rings is 1. The first-order valence-electron chi connectivity index (χ1n) is 9.40. The molecule has 2 aromatic rings. The van der Waals surface area contributed by atoms with Gasteiger partial charge in [-0.15, -0.1) is 0 Å². The molecule has 0 saturated carbocycles. The topological polar surface area (TPSA) is 64.4 Å². The molecule has 3 atom stereocenters. The molecular weight excluding hydrogens is 342 g/mol. The number of anilines is 1. The summed E-state index contributed by atoms with van der Waals surface area (Å²) in [6.45, 7) is 6.70. The highest BCUT2D eigenvalue weighted by atomic mass is 16.5. The van der Waals surface area contributed by atoms with Crippen molar-refractivity contribution in [2.24, 2.45) is 11.8 Å². The monoisotopic (exact) mass is 369 g/mol. The van der Waals surface area contributed by atoms with E-state index in [1.54, 1.807) is 6.20 Å². The van der Waals surface area contributed by atoms with Gasteiger partial charge in [-0.3, -0.25) is 14.3 Å². The van der Waals surface area contributed by atoms with Crippen molar-refractivity contribution in [3.63, 3.8) is 0 Å². The van der Waals surface area contributed by atoms with E-state index in [2.05, 4.69) is 23.8 Å². The standard InChI is InChI=1S/C21H27N3O3/c1-14(2)24-13-18(11-22-24)23-12-17(21(26)27-4)10-19(15(23)3)20(25)16-8-6-5-7-9-16/h5-9,11,13-15,17,19H,10,12H2,1-4H3. The second kappa shape index (κ2) is 7.94. The molecule has 144 valence electrons. The molecule has 2 heterocycles. The third-order valence-corrected chi connectivity index (χ3v) is 5.41. The molecule has 6 heteroatoms. The number of aromatic nitrogens is 2. The van der Waals surface area contributed by atoms with Crippen LogP contribution < -0.4 is 4.90 Å². The lowest BCUT2D eigenvalue weighted by molar-refractivity contribution is -0.146. The second-order valence-electron chi connectivity index (χ2n) is 7.46. The Balaban J connectivity index is 1.92. The van der Waals surface area contributed by atoms with E-state index in [0.717, 1.165) is 5.69 Å². The second-order valence-corrected chi connectivity index (χ2v) is 7.46. The van der Waals surface area contributed by atoms with Crippen molar-refractivity contribution in [3.8, 4) is 0 Å². The first-order chi connectivity index (χ1) is 12.9. The van der Waals surface area contributed by atoms with Gasteiger partial charge in [-0.05, 0) is 27.2 Å². The maximum Gasteiger partial charge on any atom is 0.310 e. The van der Waals surface area contributed by atoms with Gasteiger partial charge in [-0.1, -0.05) is 30.3 Å². The molecule has 0 N–H and O–H groups in total. The van der Waals surface area contributed by atoms with Gasteiger partial charge >= 0.3 is 5.97 Å². The SMILES string of the molecule is COC(=O)C1CC(C(=O)c2ccccc2)C(C)N(c2cnn(C(C)C)c2)C1. The molecule has 3 unspecified atom stereocenters. The number of hydrogen-bond acceptors (Lipinski definition) is 5. The number of esters is 1. The number of Topliss-reactive ketones (excluding diaryl/α,β-unsaturated/α-hetero) is 1. The van der Waals surface area contributed by atoms with Crippen molar-refractivity contribution in [1.29, 1.82) is 0 Å². The zero-order valence-corrected chi connectivity index (χ0v) is 16.3. The number of rotatable bonds is 5. The van der Waals surface area contributed by atoms with Gasteiger partial charge in [0, 0.05) is 36.3 Å². The average Bonchev–Trinajstić information content (AvgIpc) is 3.18. The summed E-state index contributed by atoms with van der Waals surface area (Å²) in [5.41, 5.74) is 1.60. The molecule has 0 amide bonds. The quantitative estimate of drug-likeness (QED) is 0.597. The summed E-state index contributed by atoms with van der Waals surface area (Å²) in [5, 5.41) is 4.42. The van der Waals surface area contributed by atoms with Crippen LogP contribution in [0.2, 0.25) is 0 Å². The zero-order chi connectivity index (χ0) is 19.6. The van der Waals surface area contributed by atoms with Crippen LogP contribution in [0.1, 0.15) is 43.6 Å². The zero-order valence-electron chi connectivity index (χ0n) is 16.3. The van der Waals surface area contributed by atoms with Crippen molar-refractivity contribution in [1.82, 2.24) is 9.78 Å². The molecule has 27 heavy (non-hydrogen) atoms. The van der Waals surface area contributed by atoms with Crippen LogP contribution in [0, 0.1) is 11.8 Å². The number of piperidine rings is 1. The smallest absolute Gasteiger partial charge is 0.310 e. The van der Waals surface area contributed by atoms with Crippen LogP contribution in [0.15, 0.2) is 42.7 Å².